The van der Waals surface area contributed by atoms with Crippen molar-refractivity contribution < 1.29 is 19.4 Å². The maximum absolute atomic E-state index is 12.9. The van der Waals surface area contributed by atoms with E-state index in [1.807, 2.05) is 24.3 Å². The second-order valence-electron chi connectivity index (χ2n) is 6.97. The number of aliphatic carboxylic acids is 1. The Morgan fingerprint density at radius 3 is 2.20 bits per heavy atom. The van der Waals surface area contributed by atoms with Crippen LogP contribution >= 0.6 is 11.6 Å². The van der Waals surface area contributed by atoms with Crippen LogP contribution < -0.4 is 4.90 Å². The Kier molecular flexibility index (Phi) is 4.33. The Balaban J connectivity index is 1.41. The molecule has 0 aliphatic carbocycles. The molecule has 0 radical (unpaired) electrons. The molecule has 0 spiro atoms. The van der Waals surface area contributed by atoms with Gasteiger partial charge in [-0.05, 0) is 37.1 Å². The highest BCUT2D eigenvalue weighted by Crippen LogP contribution is 2.44. The first-order chi connectivity index (χ1) is 12.0. The normalized spacial score (nSPS) is 31.4. The SMILES string of the molecule is O=C(O)[C@H]1[C@@H](C(=O)N2CCN(c3ccc(Cl)cc3)CC2)[C@H]2CC[C@H]1O2. The predicted octanol–water partition coefficient (Wildman–Crippen LogP) is 1.87. The van der Waals surface area contributed by atoms with Crippen molar-refractivity contribution in [2.75, 3.05) is 31.1 Å². The number of benzene rings is 1. The van der Waals surface area contributed by atoms with E-state index in [2.05, 4.69) is 4.90 Å². The molecule has 0 saturated carbocycles. The molecule has 1 aromatic rings. The third-order valence-electron chi connectivity index (χ3n) is 5.63. The van der Waals surface area contributed by atoms with Crippen LogP contribution in [0, 0.1) is 11.8 Å². The van der Waals surface area contributed by atoms with Crippen molar-refractivity contribution in [3.05, 3.63) is 29.3 Å². The molecule has 134 valence electrons. The van der Waals surface area contributed by atoms with Gasteiger partial charge in [-0.15, -0.1) is 0 Å². The van der Waals surface area contributed by atoms with E-state index < -0.39 is 17.8 Å². The Hall–Kier alpha value is -1.79. The lowest BCUT2D eigenvalue weighted by molar-refractivity contribution is -0.151. The quantitative estimate of drug-likeness (QED) is 0.886. The molecule has 2 bridgehead atoms. The Morgan fingerprint density at radius 2 is 1.60 bits per heavy atom. The van der Waals surface area contributed by atoms with Gasteiger partial charge >= 0.3 is 5.97 Å². The number of amides is 1. The van der Waals surface area contributed by atoms with Gasteiger partial charge in [0.1, 0.15) is 0 Å². The molecule has 7 heteroatoms. The number of carboxylic acid groups (broad SMARTS) is 1. The van der Waals surface area contributed by atoms with E-state index in [1.54, 1.807) is 4.90 Å². The number of hydrogen-bond acceptors (Lipinski definition) is 4. The average Bonchev–Trinajstić information content (AvgIpc) is 3.23. The zero-order valence-corrected chi connectivity index (χ0v) is 14.6. The van der Waals surface area contributed by atoms with E-state index in [0.29, 0.717) is 18.1 Å². The summed E-state index contributed by atoms with van der Waals surface area (Å²) in [5.41, 5.74) is 1.09. The van der Waals surface area contributed by atoms with Crippen molar-refractivity contribution in [1.29, 1.82) is 0 Å². The Morgan fingerprint density at radius 1 is 1.00 bits per heavy atom. The molecule has 0 unspecified atom stereocenters. The molecular formula is C18H21ClN2O4. The summed E-state index contributed by atoms with van der Waals surface area (Å²) in [6, 6.07) is 7.67. The lowest BCUT2D eigenvalue weighted by Crippen LogP contribution is -2.53. The van der Waals surface area contributed by atoms with Crippen LogP contribution in [0.5, 0.6) is 0 Å². The molecule has 3 aliphatic rings. The zero-order valence-electron chi connectivity index (χ0n) is 13.8. The van der Waals surface area contributed by atoms with Crippen molar-refractivity contribution in [2.24, 2.45) is 11.8 Å². The van der Waals surface area contributed by atoms with E-state index in [1.165, 1.54) is 0 Å². The van der Waals surface area contributed by atoms with Gasteiger partial charge in [-0.2, -0.15) is 0 Å². The number of carbonyl (C=O) groups excluding carboxylic acids is 1. The van der Waals surface area contributed by atoms with E-state index in [9.17, 15) is 14.7 Å². The Bertz CT molecular complexity index is 672. The van der Waals surface area contributed by atoms with Crippen LogP contribution in [0.3, 0.4) is 0 Å². The molecule has 3 aliphatic heterocycles. The molecule has 1 aromatic carbocycles. The van der Waals surface area contributed by atoms with E-state index in [0.717, 1.165) is 31.6 Å². The number of anilines is 1. The number of carboxylic acids is 1. The maximum atomic E-state index is 12.9. The summed E-state index contributed by atoms with van der Waals surface area (Å²) < 4.78 is 5.72. The van der Waals surface area contributed by atoms with E-state index >= 15 is 0 Å². The third kappa shape index (κ3) is 2.98. The van der Waals surface area contributed by atoms with Gasteiger partial charge in [0.15, 0.2) is 0 Å². The Labute approximate surface area is 151 Å². The van der Waals surface area contributed by atoms with Crippen molar-refractivity contribution in [2.45, 2.75) is 25.0 Å². The first-order valence-electron chi connectivity index (χ1n) is 8.72. The van der Waals surface area contributed by atoms with Crippen LogP contribution in [0.1, 0.15) is 12.8 Å². The second-order valence-corrected chi connectivity index (χ2v) is 7.41. The summed E-state index contributed by atoms with van der Waals surface area (Å²) in [5, 5.41) is 10.2. The molecular weight excluding hydrogens is 344 g/mol. The van der Waals surface area contributed by atoms with Crippen LogP contribution in [0.2, 0.25) is 5.02 Å². The minimum absolute atomic E-state index is 0.0599. The fourth-order valence-corrected chi connectivity index (χ4v) is 4.48. The summed E-state index contributed by atoms with van der Waals surface area (Å²) in [6.07, 6.45) is 1.01. The van der Waals surface area contributed by atoms with Crippen LogP contribution in [-0.4, -0.2) is 60.3 Å². The molecule has 1 amide bonds. The molecule has 6 nitrogen and oxygen atoms in total. The number of carbonyl (C=O) groups is 2. The number of rotatable bonds is 3. The fourth-order valence-electron chi connectivity index (χ4n) is 4.35. The summed E-state index contributed by atoms with van der Waals surface area (Å²) in [4.78, 5) is 28.5. The molecule has 0 aromatic heterocycles. The van der Waals surface area contributed by atoms with Gasteiger partial charge in [0, 0.05) is 36.9 Å². The van der Waals surface area contributed by atoms with Gasteiger partial charge in [0.2, 0.25) is 5.91 Å². The summed E-state index contributed by atoms with van der Waals surface area (Å²) in [7, 11) is 0. The molecule has 3 fully saturated rings. The monoisotopic (exact) mass is 364 g/mol. The number of nitrogens with zero attached hydrogens (tertiary/aromatic N) is 2. The standard InChI is InChI=1S/C18H21ClN2O4/c19-11-1-3-12(4-2-11)20-7-9-21(10-8-20)17(22)15-13-5-6-14(25-13)16(15)18(23)24/h1-4,13-16H,5-10H2,(H,23,24)/t13-,14-,15+,16-/m1/s1. The van der Waals surface area contributed by atoms with Gasteiger partial charge in [0.25, 0.3) is 0 Å². The summed E-state index contributed by atoms with van der Waals surface area (Å²) in [6.45, 7) is 2.66. The second kappa shape index (κ2) is 6.50. The predicted molar refractivity (Wildman–Crippen MR) is 92.8 cm³/mol. The average molecular weight is 365 g/mol. The highest BCUT2D eigenvalue weighted by atomic mass is 35.5. The molecule has 3 heterocycles. The molecule has 4 rings (SSSR count). The maximum Gasteiger partial charge on any atom is 0.310 e. The van der Waals surface area contributed by atoms with Gasteiger partial charge in [0.05, 0.1) is 24.0 Å². The first kappa shape index (κ1) is 16.7. The number of halogens is 1. The minimum Gasteiger partial charge on any atom is -0.481 e. The van der Waals surface area contributed by atoms with Gasteiger partial charge in [-0.3, -0.25) is 9.59 Å². The van der Waals surface area contributed by atoms with Crippen molar-refractivity contribution in [3.63, 3.8) is 0 Å². The van der Waals surface area contributed by atoms with E-state index in [4.69, 9.17) is 16.3 Å². The van der Waals surface area contributed by atoms with Crippen LogP contribution in [0.25, 0.3) is 0 Å². The van der Waals surface area contributed by atoms with Crippen LogP contribution in [0.4, 0.5) is 5.69 Å². The third-order valence-corrected chi connectivity index (χ3v) is 5.88. The topological polar surface area (TPSA) is 70.1 Å². The summed E-state index contributed by atoms with van der Waals surface area (Å²) >= 11 is 5.93. The van der Waals surface area contributed by atoms with Gasteiger partial charge in [-0.1, -0.05) is 11.6 Å². The van der Waals surface area contributed by atoms with Crippen LogP contribution in [0.15, 0.2) is 24.3 Å². The lowest BCUT2D eigenvalue weighted by atomic mass is 9.78. The highest BCUT2D eigenvalue weighted by Gasteiger charge is 2.56. The molecule has 4 atom stereocenters. The number of hydrogen-bond donors (Lipinski definition) is 1. The lowest BCUT2D eigenvalue weighted by Gasteiger charge is -2.38. The first-order valence-corrected chi connectivity index (χ1v) is 9.10. The van der Waals surface area contributed by atoms with Gasteiger partial charge < -0.3 is 19.6 Å². The van der Waals surface area contributed by atoms with Crippen LogP contribution in [-0.2, 0) is 14.3 Å². The smallest absolute Gasteiger partial charge is 0.310 e. The summed E-state index contributed by atoms with van der Waals surface area (Å²) in [5.74, 6) is -2.19. The van der Waals surface area contributed by atoms with E-state index in [-0.39, 0.29) is 18.1 Å². The highest BCUT2D eigenvalue weighted by molar-refractivity contribution is 6.30. The molecule has 25 heavy (non-hydrogen) atoms. The number of fused-ring (bicyclic) bond motifs is 2. The number of piperazine rings is 1. The zero-order chi connectivity index (χ0) is 17.6. The minimum atomic E-state index is -0.912. The van der Waals surface area contributed by atoms with Crippen molar-refractivity contribution in [1.82, 2.24) is 4.90 Å². The molecule has 3 saturated heterocycles. The van der Waals surface area contributed by atoms with Gasteiger partial charge in [-0.25, -0.2) is 0 Å². The fraction of sp³-hybridized carbons (Fsp3) is 0.556. The van der Waals surface area contributed by atoms with Crippen molar-refractivity contribution in [3.8, 4) is 0 Å². The largest absolute Gasteiger partial charge is 0.481 e. The van der Waals surface area contributed by atoms with Crippen molar-refractivity contribution >= 4 is 29.2 Å². The number of ether oxygens (including phenoxy) is 1. The molecule has 1 N–H and O–H groups in total.